The second kappa shape index (κ2) is 3.78. The van der Waals surface area contributed by atoms with Gasteiger partial charge in [-0.1, -0.05) is 45.0 Å². The molecule has 0 amide bonds. The van der Waals surface area contributed by atoms with Crippen LogP contribution in [0.1, 0.15) is 26.3 Å². The maximum Gasteiger partial charge on any atom is 0.0139 e. The summed E-state index contributed by atoms with van der Waals surface area (Å²) in [7, 11) is 0. The van der Waals surface area contributed by atoms with Crippen molar-refractivity contribution in [1.29, 1.82) is 0 Å². The molecule has 0 saturated heterocycles. The van der Waals surface area contributed by atoms with Gasteiger partial charge in [0.25, 0.3) is 0 Å². The maximum absolute atomic E-state index is 2.39. The van der Waals surface area contributed by atoms with Crippen molar-refractivity contribution >= 4 is 33.4 Å². The van der Waals surface area contributed by atoms with Gasteiger partial charge in [0.15, 0.2) is 0 Å². The zero-order valence-corrected chi connectivity index (χ0v) is 11.5. The van der Waals surface area contributed by atoms with Crippen LogP contribution >= 0.6 is 22.6 Å². The second-order valence-corrected chi connectivity index (χ2v) is 6.17. The molecule has 2 aromatic carbocycles. The van der Waals surface area contributed by atoms with E-state index in [2.05, 4.69) is 79.8 Å². The predicted octanol–water partition coefficient (Wildman–Crippen LogP) is 4.74. The number of fused-ring (bicyclic) bond motifs is 1. The van der Waals surface area contributed by atoms with E-state index in [1.807, 2.05) is 0 Å². The SMILES string of the molecule is CC(C)(C)c1cc(I)cc2ccccc12. The summed E-state index contributed by atoms with van der Waals surface area (Å²) < 4.78 is 1.32. The molecule has 0 N–H and O–H groups in total. The van der Waals surface area contributed by atoms with Gasteiger partial charge < -0.3 is 0 Å². The monoisotopic (exact) mass is 310 g/mol. The number of benzene rings is 2. The summed E-state index contributed by atoms with van der Waals surface area (Å²) in [4.78, 5) is 0. The molecule has 78 valence electrons. The fourth-order valence-corrected chi connectivity index (χ4v) is 2.54. The molecule has 2 rings (SSSR count). The van der Waals surface area contributed by atoms with Gasteiger partial charge in [-0.05, 0) is 56.5 Å². The average molecular weight is 310 g/mol. The van der Waals surface area contributed by atoms with Gasteiger partial charge in [0, 0.05) is 3.57 Å². The molecule has 0 nitrogen and oxygen atoms in total. The zero-order chi connectivity index (χ0) is 11.1. The molecule has 0 aliphatic heterocycles. The highest BCUT2D eigenvalue weighted by Crippen LogP contribution is 2.31. The first kappa shape index (κ1) is 10.9. The Hall–Kier alpha value is -0.570. The smallest absolute Gasteiger partial charge is 0.0139 e. The molecule has 0 saturated carbocycles. The summed E-state index contributed by atoms with van der Waals surface area (Å²) in [6.07, 6.45) is 0. The Morgan fingerprint density at radius 3 is 2.33 bits per heavy atom. The molecule has 0 bridgehead atoms. The zero-order valence-electron chi connectivity index (χ0n) is 9.34. The van der Waals surface area contributed by atoms with Crippen molar-refractivity contribution in [3.8, 4) is 0 Å². The van der Waals surface area contributed by atoms with Gasteiger partial charge in [-0.15, -0.1) is 0 Å². The Balaban J connectivity index is 2.83. The molecule has 0 aromatic heterocycles. The largest absolute Gasteiger partial charge is 0.0616 e. The van der Waals surface area contributed by atoms with E-state index in [0.717, 1.165) is 0 Å². The minimum absolute atomic E-state index is 0.209. The first-order valence-corrected chi connectivity index (χ1v) is 6.25. The van der Waals surface area contributed by atoms with Gasteiger partial charge in [-0.25, -0.2) is 0 Å². The fraction of sp³-hybridized carbons (Fsp3) is 0.286. The summed E-state index contributed by atoms with van der Waals surface area (Å²) in [6.45, 7) is 6.81. The normalized spacial score (nSPS) is 12.0. The third kappa shape index (κ3) is 2.17. The van der Waals surface area contributed by atoms with Crippen molar-refractivity contribution < 1.29 is 0 Å². The highest BCUT2D eigenvalue weighted by atomic mass is 127. The summed E-state index contributed by atoms with van der Waals surface area (Å²) in [5.41, 5.74) is 1.64. The molecule has 0 heterocycles. The molecular formula is C14H15I. The quantitative estimate of drug-likeness (QED) is 0.616. The van der Waals surface area contributed by atoms with Crippen molar-refractivity contribution in [2.45, 2.75) is 26.2 Å². The summed E-state index contributed by atoms with van der Waals surface area (Å²) in [5, 5.41) is 2.72. The van der Waals surface area contributed by atoms with Crippen LogP contribution in [0.3, 0.4) is 0 Å². The third-order valence-electron chi connectivity index (χ3n) is 2.63. The van der Waals surface area contributed by atoms with E-state index in [0.29, 0.717) is 0 Å². The Morgan fingerprint density at radius 2 is 1.67 bits per heavy atom. The summed E-state index contributed by atoms with van der Waals surface area (Å²) in [6, 6.07) is 13.2. The maximum atomic E-state index is 2.39. The average Bonchev–Trinajstić information content (AvgIpc) is 2.15. The number of rotatable bonds is 0. The third-order valence-corrected chi connectivity index (χ3v) is 3.26. The molecule has 2 aromatic rings. The van der Waals surface area contributed by atoms with Crippen LogP contribution in [0.2, 0.25) is 0 Å². The van der Waals surface area contributed by atoms with E-state index in [4.69, 9.17) is 0 Å². The lowest BCUT2D eigenvalue weighted by atomic mass is 9.84. The van der Waals surface area contributed by atoms with Crippen LogP contribution in [0, 0.1) is 3.57 Å². The summed E-state index contributed by atoms with van der Waals surface area (Å²) >= 11 is 2.39. The van der Waals surface area contributed by atoms with Crippen molar-refractivity contribution in [3.63, 3.8) is 0 Å². The molecular weight excluding hydrogens is 295 g/mol. The number of hydrogen-bond acceptors (Lipinski definition) is 0. The standard InChI is InChI=1S/C14H15I/c1-14(2,3)13-9-11(15)8-10-6-4-5-7-12(10)13/h4-9H,1-3H3. The van der Waals surface area contributed by atoms with Gasteiger partial charge in [0.1, 0.15) is 0 Å². The molecule has 0 atom stereocenters. The minimum atomic E-state index is 0.209. The predicted molar refractivity (Wildman–Crippen MR) is 75.4 cm³/mol. The molecule has 0 aliphatic carbocycles. The van der Waals surface area contributed by atoms with E-state index >= 15 is 0 Å². The first-order valence-electron chi connectivity index (χ1n) is 5.17. The van der Waals surface area contributed by atoms with E-state index in [1.54, 1.807) is 0 Å². The molecule has 15 heavy (non-hydrogen) atoms. The van der Waals surface area contributed by atoms with Crippen LogP contribution in [0.15, 0.2) is 36.4 Å². The number of hydrogen-bond donors (Lipinski definition) is 0. The molecule has 0 spiro atoms. The van der Waals surface area contributed by atoms with E-state index in [9.17, 15) is 0 Å². The van der Waals surface area contributed by atoms with Crippen LogP contribution in [-0.2, 0) is 5.41 Å². The Kier molecular flexibility index (Phi) is 2.75. The van der Waals surface area contributed by atoms with Crippen LogP contribution in [-0.4, -0.2) is 0 Å². The Bertz CT molecular complexity index is 492. The Labute approximate surface area is 105 Å². The highest BCUT2D eigenvalue weighted by Gasteiger charge is 2.16. The van der Waals surface area contributed by atoms with Gasteiger partial charge >= 0.3 is 0 Å². The van der Waals surface area contributed by atoms with Crippen molar-refractivity contribution in [1.82, 2.24) is 0 Å². The van der Waals surface area contributed by atoms with Crippen molar-refractivity contribution in [2.75, 3.05) is 0 Å². The van der Waals surface area contributed by atoms with Crippen LogP contribution in [0.25, 0.3) is 10.8 Å². The van der Waals surface area contributed by atoms with E-state index < -0.39 is 0 Å². The molecule has 0 radical (unpaired) electrons. The first-order chi connectivity index (χ1) is 6.98. The van der Waals surface area contributed by atoms with Gasteiger partial charge in [0.05, 0.1) is 0 Å². The van der Waals surface area contributed by atoms with E-state index in [-0.39, 0.29) is 5.41 Å². The number of halogens is 1. The fourth-order valence-electron chi connectivity index (χ4n) is 1.89. The van der Waals surface area contributed by atoms with Crippen LogP contribution in [0.5, 0.6) is 0 Å². The Morgan fingerprint density at radius 1 is 1.00 bits per heavy atom. The van der Waals surface area contributed by atoms with Crippen LogP contribution in [0.4, 0.5) is 0 Å². The summed E-state index contributed by atoms with van der Waals surface area (Å²) in [5.74, 6) is 0. The topological polar surface area (TPSA) is 0 Å². The van der Waals surface area contributed by atoms with Crippen LogP contribution < -0.4 is 0 Å². The molecule has 0 unspecified atom stereocenters. The van der Waals surface area contributed by atoms with E-state index in [1.165, 1.54) is 19.9 Å². The van der Waals surface area contributed by atoms with Gasteiger partial charge in [0.2, 0.25) is 0 Å². The van der Waals surface area contributed by atoms with Crippen molar-refractivity contribution in [3.05, 3.63) is 45.5 Å². The van der Waals surface area contributed by atoms with Gasteiger partial charge in [-0.3, -0.25) is 0 Å². The minimum Gasteiger partial charge on any atom is -0.0616 e. The van der Waals surface area contributed by atoms with Gasteiger partial charge in [-0.2, -0.15) is 0 Å². The lowest BCUT2D eigenvalue weighted by Crippen LogP contribution is -2.11. The second-order valence-electron chi connectivity index (χ2n) is 4.92. The molecule has 0 fully saturated rings. The highest BCUT2D eigenvalue weighted by molar-refractivity contribution is 14.1. The van der Waals surface area contributed by atoms with Crippen molar-refractivity contribution in [2.24, 2.45) is 0 Å². The lowest BCUT2D eigenvalue weighted by Gasteiger charge is -2.21. The molecule has 1 heteroatoms. The lowest BCUT2D eigenvalue weighted by molar-refractivity contribution is 0.595. The molecule has 0 aliphatic rings.